The van der Waals surface area contributed by atoms with Crippen LogP contribution in [0.2, 0.25) is 0 Å². The number of benzene rings is 2. The number of hydrogen-bond donors (Lipinski definition) is 2. The summed E-state index contributed by atoms with van der Waals surface area (Å²) in [6.45, 7) is 8.80. The Balaban J connectivity index is 1.96. The van der Waals surface area contributed by atoms with Crippen molar-refractivity contribution in [2.45, 2.75) is 33.1 Å². The van der Waals surface area contributed by atoms with Gasteiger partial charge in [0.25, 0.3) is 5.91 Å². The minimum atomic E-state index is -3.41. The van der Waals surface area contributed by atoms with Crippen molar-refractivity contribution in [3.05, 3.63) is 59.2 Å². The normalized spacial score (nSPS) is 11.8. The van der Waals surface area contributed by atoms with Gasteiger partial charge in [0.15, 0.2) is 0 Å². The third-order valence-electron chi connectivity index (χ3n) is 4.14. The van der Waals surface area contributed by atoms with Crippen molar-refractivity contribution in [1.82, 2.24) is 5.32 Å². The second kappa shape index (κ2) is 8.65. The summed E-state index contributed by atoms with van der Waals surface area (Å²) >= 11 is 0. The molecule has 2 aromatic carbocycles. The molecule has 2 N–H and O–H groups in total. The molecule has 152 valence electrons. The highest BCUT2D eigenvalue weighted by Crippen LogP contribution is 2.30. The molecule has 0 aliphatic carbocycles. The molecule has 0 unspecified atom stereocenters. The van der Waals surface area contributed by atoms with Crippen molar-refractivity contribution in [2.24, 2.45) is 0 Å². The Labute approximate surface area is 167 Å². The van der Waals surface area contributed by atoms with Crippen molar-refractivity contribution in [3.63, 3.8) is 0 Å². The average Bonchev–Trinajstić information content (AvgIpc) is 2.58. The lowest BCUT2D eigenvalue weighted by atomic mass is 9.86. The molecule has 0 saturated heterocycles. The summed E-state index contributed by atoms with van der Waals surface area (Å²) in [6, 6.07) is 12.8. The van der Waals surface area contributed by atoms with E-state index in [1.54, 1.807) is 19.1 Å². The van der Waals surface area contributed by atoms with E-state index in [1.165, 1.54) is 6.07 Å². The quantitative estimate of drug-likeness (QED) is 0.692. The number of carbonyl (C=O) groups is 1. The highest BCUT2D eigenvalue weighted by molar-refractivity contribution is 7.92. The van der Waals surface area contributed by atoms with Gasteiger partial charge >= 0.3 is 0 Å². The van der Waals surface area contributed by atoms with Crippen molar-refractivity contribution in [2.75, 3.05) is 24.1 Å². The maximum Gasteiger partial charge on any atom is 0.251 e. The summed E-state index contributed by atoms with van der Waals surface area (Å²) in [5.74, 6) is 0.517. The van der Waals surface area contributed by atoms with Gasteiger partial charge in [-0.05, 0) is 41.7 Å². The Bertz CT molecular complexity index is 947. The number of amides is 1. The smallest absolute Gasteiger partial charge is 0.251 e. The van der Waals surface area contributed by atoms with Crippen LogP contribution in [0.5, 0.6) is 5.75 Å². The molecule has 0 aromatic heterocycles. The Morgan fingerprint density at radius 2 is 1.79 bits per heavy atom. The molecule has 0 fully saturated rings. The molecule has 1 amide bonds. The molecule has 0 radical (unpaired) electrons. The number of sulfonamides is 1. The Morgan fingerprint density at radius 1 is 1.11 bits per heavy atom. The number of carbonyl (C=O) groups excluding carboxylic acids is 1. The molecular formula is C21H28N2O4S. The van der Waals surface area contributed by atoms with Gasteiger partial charge in [-0.2, -0.15) is 0 Å². The molecule has 0 saturated carbocycles. The third kappa shape index (κ3) is 6.27. The SMILES string of the molecule is Cc1ccc(C(=O)NCCOc2ccccc2C(C)(C)C)cc1NS(C)(=O)=O. The lowest BCUT2D eigenvalue weighted by Gasteiger charge is -2.22. The first-order chi connectivity index (χ1) is 13.0. The van der Waals surface area contributed by atoms with Gasteiger partial charge < -0.3 is 10.1 Å². The van der Waals surface area contributed by atoms with E-state index in [1.807, 2.05) is 24.3 Å². The summed E-state index contributed by atoms with van der Waals surface area (Å²) in [7, 11) is -3.41. The first kappa shape index (κ1) is 21.8. The number of rotatable bonds is 7. The van der Waals surface area contributed by atoms with Crippen molar-refractivity contribution in [3.8, 4) is 5.75 Å². The molecular weight excluding hydrogens is 376 g/mol. The van der Waals surface area contributed by atoms with E-state index < -0.39 is 10.0 Å². The van der Waals surface area contributed by atoms with Gasteiger partial charge in [0, 0.05) is 5.56 Å². The largest absolute Gasteiger partial charge is 0.491 e. The molecule has 0 aliphatic rings. The molecule has 7 heteroatoms. The van der Waals surface area contributed by atoms with Crippen LogP contribution in [0.1, 0.15) is 42.3 Å². The molecule has 0 spiro atoms. The van der Waals surface area contributed by atoms with E-state index in [2.05, 4.69) is 30.8 Å². The molecule has 6 nitrogen and oxygen atoms in total. The highest BCUT2D eigenvalue weighted by Gasteiger charge is 2.18. The minimum absolute atomic E-state index is 0.0369. The topological polar surface area (TPSA) is 84.5 Å². The Hall–Kier alpha value is -2.54. The first-order valence-corrected chi connectivity index (χ1v) is 11.0. The number of aryl methyl sites for hydroxylation is 1. The molecule has 0 atom stereocenters. The lowest BCUT2D eigenvalue weighted by molar-refractivity contribution is 0.0947. The van der Waals surface area contributed by atoms with E-state index in [4.69, 9.17) is 4.74 Å². The predicted molar refractivity (Wildman–Crippen MR) is 113 cm³/mol. The Morgan fingerprint density at radius 3 is 2.43 bits per heavy atom. The van der Waals surface area contributed by atoms with Gasteiger partial charge in [-0.15, -0.1) is 0 Å². The van der Waals surface area contributed by atoms with Crippen LogP contribution < -0.4 is 14.8 Å². The molecule has 0 aliphatic heterocycles. The lowest BCUT2D eigenvalue weighted by Crippen LogP contribution is -2.28. The third-order valence-corrected chi connectivity index (χ3v) is 4.73. The zero-order chi connectivity index (χ0) is 20.9. The maximum atomic E-state index is 12.4. The summed E-state index contributed by atoms with van der Waals surface area (Å²) in [5.41, 5.74) is 2.59. The second-order valence-corrected chi connectivity index (χ2v) is 9.50. The fraction of sp³-hybridized carbons (Fsp3) is 0.381. The van der Waals surface area contributed by atoms with Gasteiger partial charge in [0.2, 0.25) is 10.0 Å². The van der Waals surface area contributed by atoms with Crippen LogP contribution in [0.15, 0.2) is 42.5 Å². The average molecular weight is 405 g/mol. The maximum absolute atomic E-state index is 12.4. The van der Waals surface area contributed by atoms with Crippen LogP contribution in [0.4, 0.5) is 5.69 Å². The van der Waals surface area contributed by atoms with E-state index in [0.717, 1.165) is 23.1 Å². The monoisotopic (exact) mass is 404 g/mol. The predicted octanol–water partition coefficient (Wildman–Crippen LogP) is 3.47. The zero-order valence-corrected chi connectivity index (χ0v) is 17.8. The minimum Gasteiger partial charge on any atom is -0.491 e. The van der Waals surface area contributed by atoms with Crippen LogP contribution in [0.25, 0.3) is 0 Å². The summed E-state index contributed by atoms with van der Waals surface area (Å²) in [5, 5.41) is 2.80. The molecule has 0 heterocycles. The van der Waals surface area contributed by atoms with Gasteiger partial charge in [0.05, 0.1) is 18.5 Å². The number of anilines is 1. The van der Waals surface area contributed by atoms with E-state index in [-0.39, 0.29) is 11.3 Å². The number of para-hydroxylation sites is 1. The molecule has 2 rings (SSSR count). The van der Waals surface area contributed by atoms with E-state index >= 15 is 0 Å². The highest BCUT2D eigenvalue weighted by atomic mass is 32.2. The van der Waals surface area contributed by atoms with Crippen LogP contribution in [-0.4, -0.2) is 33.7 Å². The van der Waals surface area contributed by atoms with Gasteiger partial charge in [-0.1, -0.05) is 45.0 Å². The standard InChI is InChI=1S/C21H28N2O4S/c1-15-10-11-16(14-18(15)23-28(5,25)26)20(24)22-12-13-27-19-9-7-6-8-17(19)21(2,3)4/h6-11,14,23H,12-13H2,1-5H3,(H,22,24). The van der Waals surface area contributed by atoms with E-state index in [0.29, 0.717) is 24.4 Å². The van der Waals surface area contributed by atoms with Gasteiger partial charge in [0.1, 0.15) is 12.4 Å². The van der Waals surface area contributed by atoms with E-state index in [9.17, 15) is 13.2 Å². The zero-order valence-electron chi connectivity index (χ0n) is 17.0. The van der Waals surface area contributed by atoms with Gasteiger partial charge in [-0.25, -0.2) is 8.42 Å². The molecule has 2 aromatic rings. The van der Waals surface area contributed by atoms with Crippen molar-refractivity contribution >= 4 is 21.6 Å². The molecule has 0 bridgehead atoms. The van der Waals surface area contributed by atoms with Crippen molar-refractivity contribution in [1.29, 1.82) is 0 Å². The number of ether oxygens (including phenoxy) is 1. The Kier molecular flexibility index (Phi) is 6.72. The van der Waals surface area contributed by atoms with Crippen LogP contribution in [0, 0.1) is 6.92 Å². The fourth-order valence-electron chi connectivity index (χ4n) is 2.71. The van der Waals surface area contributed by atoms with Crippen LogP contribution in [0.3, 0.4) is 0 Å². The second-order valence-electron chi connectivity index (χ2n) is 7.75. The van der Waals surface area contributed by atoms with Gasteiger partial charge in [-0.3, -0.25) is 9.52 Å². The summed E-state index contributed by atoms with van der Waals surface area (Å²) in [4.78, 5) is 12.4. The fourth-order valence-corrected chi connectivity index (χ4v) is 3.33. The summed E-state index contributed by atoms with van der Waals surface area (Å²) < 4.78 is 31.2. The molecule has 28 heavy (non-hydrogen) atoms. The number of nitrogens with one attached hydrogen (secondary N) is 2. The number of hydrogen-bond acceptors (Lipinski definition) is 4. The van der Waals surface area contributed by atoms with Crippen molar-refractivity contribution < 1.29 is 17.9 Å². The van der Waals surface area contributed by atoms with Crippen LogP contribution in [-0.2, 0) is 15.4 Å². The summed E-state index contributed by atoms with van der Waals surface area (Å²) in [6.07, 6.45) is 1.08. The first-order valence-electron chi connectivity index (χ1n) is 9.06. The van der Waals surface area contributed by atoms with Crippen LogP contribution >= 0.6 is 0 Å².